The van der Waals surface area contributed by atoms with E-state index < -0.39 is 24.5 Å². The van der Waals surface area contributed by atoms with Crippen molar-refractivity contribution in [2.24, 2.45) is 0 Å². The molecule has 1 aromatic heterocycles. The monoisotopic (exact) mass is 469 g/mol. The molecular weight excluding hydrogens is 446 g/mol. The summed E-state index contributed by atoms with van der Waals surface area (Å²) in [6.45, 7) is 1.36. The molecule has 1 N–H and O–H groups in total. The summed E-state index contributed by atoms with van der Waals surface area (Å²) in [6, 6.07) is 13.9. The van der Waals surface area contributed by atoms with Crippen LogP contribution in [-0.2, 0) is 14.3 Å². The summed E-state index contributed by atoms with van der Waals surface area (Å²) in [5, 5.41) is 4.73. The lowest BCUT2D eigenvalue weighted by Crippen LogP contribution is -2.21. The molecule has 9 heteroatoms. The minimum absolute atomic E-state index is 0.175. The van der Waals surface area contributed by atoms with Crippen LogP contribution in [0.2, 0.25) is 0 Å². The summed E-state index contributed by atoms with van der Waals surface area (Å²) in [5.74, 6) is -1.03. The number of thiophene rings is 1. The Balaban J connectivity index is 1.73. The minimum Gasteiger partial charge on any atom is -0.497 e. The zero-order chi connectivity index (χ0) is 23.8. The largest absolute Gasteiger partial charge is 0.497 e. The third-order valence-electron chi connectivity index (χ3n) is 4.53. The smallest absolute Gasteiger partial charge is 0.341 e. The molecular formula is C24H23NO7S. The van der Waals surface area contributed by atoms with Crippen LogP contribution in [-0.4, -0.2) is 45.3 Å². The van der Waals surface area contributed by atoms with E-state index in [4.69, 9.17) is 18.9 Å². The third kappa shape index (κ3) is 5.89. The molecule has 0 unspecified atom stereocenters. The number of carbonyl (C=O) groups is 3. The molecule has 172 valence electrons. The van der Waals surface area contributed by atoms with E-state index in [0.717, 1.165) is 5.56 Å². The van der Waals surface area contributed by atoms with Crippen LogP contribution in [0, 0.1) is 0 Å². The summed E-state index contributed by atoms with van der Waals surface area (Å²) < 4.78 is 20.6. The van der Waals surface area contributed by atoms with Crippen molar-refractivity contribution in [2.45, 2.75) is 6.92 Å². The van der Waals surface area contributed by atoms with E-state index in [9.17, 15) is 14.4 Å². The molecule has 0 bridgehead atoms. The lowest BCUT2D eigenvalue weighted by molar-refractivity contribution is -0.119. The van der Waals surface area contributed by atoms with Crippen LogP contribution in [0.4, 0.5) is 5.00 Å². The molecule has 0 saturated carbocycles. The summed E-state index contributed by atoms with van der Waals surface area (Å²) in [7, 11) is 2.92. The highest BCUT2D eigenvalue weighted by molar-refractivity contribution is 7.15. The highest BCUT2D eigenvalue weighted by Gasteiger charge is 2.23. The summed E-state index contributed by atoms with van der Waals surface area (Å²) in [4.78, 5) is 37.5. The zero-order valence-corrected chi connectivity index (χ0v) is 19.2. The van der Waals surface area contributed by atoms with Gasteiger partial charge >= 0.3 is 11.9 Å². The molecule has 0 spiro atoms. The quantitative estimate of drug-likeness (QED) is 0.464. The lowest BCUT2D eigenvalue weighted by atomic mass is 10.0. The Hall–Kier alpha value is -3.85. The Morgan fingerprint density at radius 1 is 0.909 bits per heavy atom. The van der Waals surface area contributed by atoms with Gasteiger partial charge in [-0.25, -0.2) is 9.59 Å². The number of benzene rings is 2. The first-order valence-electron chi connectivity index (χ1n) is 10.0. The van der Waals surface area contributed by atoms with E-state index in [-0.39, 0.29) is 17.7 Å². The molecule has 0 atom stereocenters. The Morgan fingerprint density at radius 2 is 1.58 bits per heavy atom. The number of hydrogen-bond acceptors (Lipinski definition) is 8. The zero-order valence-electron chi connectivity index (χ0n) is 18.4. The normalized spacial score (nSPS) is 10.3. The molecule has 33 heavy (non-hydrogen) atoms. The van der Waals surface area contributed by atoms with Crippen molar-refractivity contribution < 1.29 is 33.3 Å². The van der Waals surface area contributed by atoms with Gasteiger partial charge in [0.15, 0.2) is 6.61 Å². The molecule has 1 amide bonds. The predicted octanol–water partition coefficient (Wildman–Crippen LogP) is 4.40. The Morgan fingerprint density at radius 3 is 2.18 bits per heavy atom. The van der Waals surface area contributed by atoms with Crippen LogP contribution in [0.5, 0.6) is 11.5 Å². The van der Waals surface area contributed by atoms with Gasteiger partial charge in [0.1, 0.15) is 22.1 Å². The highest BCUT2D eigenvalue weighted by atomic mass is 32.1. The van der Waals surface area contributed by atoms with Crippen molar-refractivity contribution >= 4 is 34.2 Å². The van der Waals surface area contributed by atoms with Gasteiger partial charge in [-0.3, -0.25) is 4.79 Å². The van der Waals surface area contributed by atoms with Gasteiger partial charge in [-0.05, 0) is 24.6 Å². The fraction of sp³-hybridized carbons (Fsp3) is 0.208. The van der Waals surface area contributed by atoms with E-state index in [1.54, 1.807) is 18.4 Å². The van der Waals surface area contributed by atoms with E-state index in [1.807, 2.05) is 30.3 Å². The second-order valence-corrected chi connectivity index (χ2v) is 7.55. The second-order valence-electron chi connectivity index (χ2n) is 6.67. The number of rotatable bonds is 9. The maximum Gasteiger partial charge on any atom is 0.341 e. The third-order valence-corrected chi connectivity index (χ3v) is 5.43. The average Bonchev–Trinajstić information content (AvgIpc) is 3.26. The number of nitrogens with one attached hydrogen (secondary N) is 1. The molecule has 0 aliphatic heterocycles. The van der Waals surface area contributed by atoms with E-state index >= 15 is 0 Å². The summed E-state index contributed by atoms with van der Waals surface area (Å²) >= 11 is 1.19. The molecule has 1 heterocycles. The SMILES string of the molecule is CCOC(=O)c1c(-c2ccccc2)csc1NC(=O)COC(=O)c1cc(OC)cc(OC)c1. The van der Waals surface area contributed by atoms with E-state index in [1.165, 1.54) is 37.7 Å². The number of amides is 1. The average molecular weight is 470 g/mol. The van der Waals surface area contributed by atoms with Crippen molar-refractivity contribution in [3.63, 3.8) is 0 Å². The van der Waals surface area contributed by atoms with Gasteiger partial charge in [-0.2, -0.15) is 0 Å². The summed E-state index contributed by atoms with van der Waals surface area (Å²) in [6.07, 6.45) is 0. The van der Waals surface area contributed by atoms with E-state index in [0.29, 0.717) is 22.1 Å². The molecule has 3 rings (SSSR count). The Bertz CT molecular complexity index is 1120. The molecule has 0 saturated heterocycles. The van der Waals surface area contributed by atoms with Gasteiger partial charge in [-0.1, -0.05) is 30.3 Å². The molecule has 0 radical (unpaired) electrons. The first-order valence-corrected chi connectivity index (χ1v) is 10.9. The van der Waals surface area contributed by atoms with Crippen molar-refractivity contribution in [3.8, 4) is 22.6 Å². The lowest BCUT2D eigenvalue weighted by Gasteiger charge is -2.10. The first kappa shape index (κ1) is 23.8. The van der Waals surface area contributed by atoms with Crippen LogP contribution in [0.3, 0.4) is 0 Å². The van der Waals surface area contributed by atoms with Crippen LogP contribution >= 0.6 is 11.3 Å². The standard InChI is InChI=1S/C24H23NO7S/c1-4-31-24(28)21-19(15-8-6-5-7-9-15)14-33-22(21)25-20(26)13-32-23(27)16-10-17(29-2)12-18(11-16)30-3/h5-12,14H,4,13H2,1-3H3,(H,25,26). The van der Waals surface area contributed by atoms with Crippen molar-refractivity contribution in [3.05, 3.63) is 65.0 Å². The van der Waals surface area contributed by atoms with Crippen LogP contribution in [0.1, 0.15) is 27.6 Å². The number of methoxy groups -OCH3 is 2. The van der Waals surface area contributed by atoms with Crippen molar-refractivity contribution in [2.75, 3.05) is 32.8 Å². The first-order chi connectivity index (χ1) is 16.0. The van der Waals surface area contributed by atoms with Gasteiger partial charge in [0.2, 0.25) is 0 Å². The van der Waals surface area contributed by atoms with Crippen molar-refractivity contribution in [1.29, 1.82) is 0 Å². The molecule has 0 aliphatic rings. The molecule has 8 nitrogen and oxygen atoms in total. The number of carbonyl (C=O) groups excluding carboxylic acids is 3. The van der Waals surface area contributed by atoms with Gasteiger partial charge in [-0.15, -0.1) is 11.3 Å². The fourth-order valence-electron chi connectivity index (χ4n) is 2.99. The maximum absolute atomic E-state index is 12.6. The molecule has 3 aromatic rings. The van der Waals surface area contributed by atoms with Gasteiger partial charge in [0.25, 0.3) is 5.91 Å². The van der Waals surface area contributed by atoms with Crippen LogP contribution < -0.4 is 14.8 Å². The maximum atomic E-state index is 12.6. The van der Waals surface area contributed by atoms with Crippen LogP contribution in [0.25, 0.3) is 11.1 Å². The molecule has 2 aromatic carbocycles. The highest BCUT2D eigenvalue weighted by Crippen LogP contribution is 2.36. The predicted molar refractivity (Wildman–Crippen MR) is 124 cm³/mol. The molecule has 0 fully saturated rings. The van der Waals surface area contributed by atoms with Gasteiger partial charge in [0, 0.05) is 17.0 Å². The number of ether oxygens (including phenoxy) is 4. The number of hydrogen-bond donors (Lipinski definition) is 1. The van der Waals surface area contributed by atoms with Gasteiger partial charge < -0.3 is 24.3 Å². The topological polar surface area (TPSA) is 100 Å². The van der Waals surface area contributed by atoms with Crippen LogP contribution in [0.15, 0.2) is 53.9 Å². The second kappa shape index (κ2) is 11.1. The molecule has 0 aliphatic carbocycles. The Labute approximate surface area is 195 Å². The van der Waals surface area contributed by atoms with E-state index in [2.05, 4.69) is 5.32 Å². The Kier molecular flexibility index (Phi) is 8.04. The fourth-order valence-corrected chi connectivity index (χ4v) is 3.96. The summed E-state index contributed by atoms with van der Waals surface area (Å²) in [5.41, 5.74) is 1.89. The van der Waals surface area contributed by atoms with Gasteiger partial charge in [0.05, 0.1) is 26.4 Å². The number of esters is 2. The number of anilines is 1. The minimum atomic E-state index is -0.718. The van der Waals surface area contributed by atoms with Crippen molar-refractivity contribution in [1.82, 2.24) is 0 Å².